The molecule has 3 rings (SSSR count). The van der Waals surface area contributed by atoms with Crippen molar-refractivity contribution in [1.82, 2.24) is 0 Å². The first-order valence-corrected chi connectivity index (χ1v) is 4.77. The zero-order valence-electron chi connectivity index (χ0n) is 7.55. The van der Waals surface area contributed by atoms with E-state index in [1.165, 1.54) is 25.7 Å². The van der Waals surface area contributed by atoms with Crippen LogP contribution in [-0.2, 0) is 4.74 Å². The Bertz CT molecular complexity index is 212. The van der Waals surface area contributed by atoms with Crippen molar-refractivity contribution in [3.63, 3.8) is 0 Å². The molecule has 3 fully saturated rings. The fourth-order valence-corrected chi connectivity index (χ4v) is 2.86. The van der Waals surface area contributed by atoms with Crippen LogP contribution < -0.4 is 0 Å². The maximum atomic E-state index is 9.09. The van der Waals surface area contributed by atoms with E-state index in [9.17, 15) is 0 Å². The second-order valence-corrected chi connectivity index (χ2v) is 4.13. The van der Waals surface area contributed by atoms with Gasteiger partial charge in [0.15, 0.2) is 5.60 Å². The highest BCUT2D eigenvalue weighted by Crippen LogP contribution is 2.48. The summed E-state index contributed by atoms with van der Waals surface area (Å²) in [6.07, 6.45) is 6.01. The van der Waals surface area contributed by atoms with Crippen LogP contribution in [0.3, 0.4) is 0 Å². The molecule has 0 aromatic heterocycles. The Morgan fingerprint density at radius 1 is 1.33 bits per heavy atom. The maximum absolute atomic E-state index is 9.09. The van der Waals surface area contributed by atoms with Crippen molar-refractivity contribution in [2.45, 2.75) is 37.7 Å². The summed E-state index contributed by atoms with van der Waals surface area (Å²) in [5.74, 6) is 1.27. The normalized spacial score (nSPS) is 45.7. The molecule has 0 aromatic rings. The molecule has 2 heteroatoms. The number of hydrogen-bond acceptors (Lipinski definition) is 2. The Morgan fingerprint density at radius 2 is 2.00 bits per heavy atom. The molecule has 2 nitrogen and oxygen atoms in total. The van der Waals surface area contributed by atoms with Crippen molar-refractivity contribution < 1.29 is 4.74 Å². The van der Waals surface area contributed by atoms with Gasteiger partial charge in [0.2, 0.25) is 0 Å². The molecule has 0 N–H and O–H groups in total. The zero-order chi connectivity index (χ0) is 8.60. The molecule has 0 aromatic carbocycles. The van der Waals surface area contributed by atoms with Crippen molar-refractivity contribution >= 4 is 0 Å². The summed E-state index contributed by atoms with van der Waals surface area (Å²) in [7, 11) is 1.68. The largest absolute Gasteiger partial charge is 0.363 e. The van der Waals surface area contributed by atoms with Crippen LogP contribution in [0.25, 0.3) is 0 Å². The number of methoxy groups -OCH3 is 1. The van der Waals surface area contributed by atoms with Gasteiger partial charge in [-0.2, -0.15) is 5.26 Å². The second-order valence-electron chi connectivity index (χ2n) is 4.13. The Morgan fingerprint density at radius 3 is 2.25 bits per heavy atom. The minimum atomic E-state index is -0.416. The third kappa shape index (κ3) is 0.964. The van der Waals surface area contributed by atoms with Crippen LogP contribution >= 0.6 is 0 Å². The summed E-state index contributed by atoms with van der Waals surface area (Å²) in [5, 5.41) is 9.09. The van der Waals surface area contributed by atoms with Gasteiger partial charge in [-0.3, -0.25) is 0 Å². The fraction of sp³-hybridized carbons (Fsp3) is 0.900. The maximum Gasteiger partial charge on any atom is 0.156 e. The van der Waals surface area contributed by atoms with E-state index < -0.39 is 5.60 Å². The predicted molar refractivity (Wildman–Crippen MR) is 45.4 cm³/mol. The highest BCUT2D eigenvalue weighted by molar-refractivity contribution is 5.11. The third-order valence-electron chi connectivity index (χ3n) is 3.65. The molecule has 12 heavy (non-hydrogen) atoms. The first kappa shape index (κ1) is 8.07. The minimum Gasteiger partial charge on any atom is -0.363 e. The Kier molecular flexibility index (Phi) is 1.84. The average Bonchev–Trinajstić information content (AvgIpc) is 2.19. The molecule has 0 saturated heterocycles. The number of rotatable bonds is 1. The van der Waals surface area contributed by atoms with E-state index in [1.54, 1.807) is 7.11 Å². The molecule has 0 heterocycles. The second kappa shape index (κ2) is 2.74. The number of nitrogens with zero attached hydrogens (tertiary/aromatic N) is 1. The van der Waals surface area contributed by atoms with E-state index in [0.29, 0.717) is 5.92 Å². The Hall–Kier alpha value is -0.550. The summed E-state index contributed by atoms with van der Waals surface area (Å²) < 4.78 is 5.40. The van der Waals surface area contributed by atoms with Gasteiger partial charge in [-0.05, 0) is 38.0 Å². The molecule has 1 atom stereocenters. The topological polar surface area (TPSA) is 33.0 Å². The summed E-state index contributed by atoms with van der Waals surface area (Å²) in [6.45, 7) is 0. The van der Waals surface area contributed by atoms with Crippen molar-refractivity contribution in [1.29, 1.82) is 5.26 Å². The van der Waals surface area contributed by atoms with Crippen LogP contribution in [0.4, 0.5) is 0 Å². The molecule has 3 aliphatic carbocycles. The van der Waals surface area contributed by atoms with E-state index in [2.05, 4.69) is 6.07 Å². The van der Waals surface area contributed by atoms with Crippen molar-refractivity contribution in [2.24, 2.45) is 11.8 Å². The zero-order valence-corrected chi connectivity index (χ0v) is 7.55. The highest BCUT2D eigenvalue weighted by atomic mass is 16.5. The SMILES string of the molecule is COC1(C#N)CC2CCC1CC2. The van der Waals surface area contributed by atoms with Crippen molar-refractivity contribution in [2.75, 3.05) is 7.11 Å². The quantitative estimate of drug-likeness (QED) is 0.596. The average molecular weight is 165 g/mol. The lowest BCUT2D eigenvalue weighted by atomic mass is 9.62. The molecule has 3 aliphatic rings. The Balaban J connectivity index is 2.22. The van der Waals surface area contributed by atoms with Crippen LogP contribution in [-0.4, -0.2) is 12.7 Å². The fourth-order valence-electron chi connectivity index (χ4n) is 2.86. The lowest BCUT2D eigenvalue weighted by Crippen LogP contribution is -2.47. The highest BCUT2D eigenvalue weighted by Gasteiger charge is 2.48. The monoisotopic (exact) mass is 165 g/mol. The molecular weight excluding hydrogens is 150 g/mol. The first-order valence-electron chi connectivity index (χ1n) is 4.77. The number of hydrogen-bond donors (Lipinski definition) is 0. The molecule has 1 unspecified atom stereocenters. The molecule has 0 radical (unpaired) electrons. The van der Waals surface area contributed by atoms with Gasteiger partial charge in [-0.1, -0.05) is 0 Å². The van der Waals surface area contributed by atoms with Gasteiger partial charge in [-0.15, -0.1) is 0 Å². The first-order chi connectivity index (χ1) is 5.80. The van der Waals surface area contributed by atoms with Crippen LogP contribution in [0.5, 0.6) is 0 Å². The molecular formula is C10H15NO. The lowest BCUT2D eigenvalue weighted by molar-refractivity contribution is -0.0831. The molecule has 66 valence electrons. The van der Waals surface area contributed by atoms with Crippen molar-refractivity contribution in [3.8, 4) is 6.07 Å². The smallest absolute Gasteiger partial charge is 0.156 e. The van der Waals surface area contributed by atoms with E-state index in [1.807, 2.05) is 0 Å². The summed E-state index contributed by atoms with van der Waals surface area (Å²) >= 11 is 0. The summed E-state index contributed by atoms with van der Waals surface area (Å²) in [5.41, 5.74) is -0.416. The van der Waals surface area contributed by atoms with Gasteiger partial charge < -0.3 is 4.74 Å². The van der Waals surface area contributed by atoms with Gasteiger partial charge in [-0.25, -0.2) is 0 Å². The van der Waals surface area contributed by atoms with E-state index in [0.717, 1.165) is 12.3 Å². The predicted octanol–water partition coefficient (Wildman–Crippen LogP) is 2.11. The lowest BCUT2D eigenvalue weighted by Gasteiger charge is -2.46. The van der Waals surface area contributed by atoms with Gasteiger partial charge in [0.25, 0.3) is 0 Å². The summed E-state index contributed by atoms with van der Waals surface area (Å²) in [6, 6.07) is 2.38. The number of ether oxygens (including phenoxy) is 1. The standard InChI is InChI=1S/C10H15NO/c1-12-10(7-11)6-8-2-4-9(10)5-3-8/h8-9H,2-6H2,1H3. The number of fused-ring (bicyclic) bond motifs is 3. The van der Waals surface area contributed by atoms with Crippen LogP contribution in [0.1, 0.15) is 32.1 Å². The Labute approximate surface area is 73.5 Å². The van der Waals surface area contributed by atoms with Crippen LogP contribution in [0.2, 0.25) is 0 Å². The van der Waals surface area contributed by atoms with Crippen LogP contribution in [0.15, 0.2) is 0 Å². The van der Waals surface area contributed by atoms with Crippen LogP contribution in [0, 0.1) is 23.2 Å². The third-order valence-corrected chi connectivity index (χ3v) is 3.65. The molecule has 0 aliphatic heterocycles. The molecule has 0 amide bonds. The summed E-state index contributed by atoms with van der Waals surface area (Å²) in [4.78, 5) is 0. The van der Waals surface area contributed by atoms with Crippen molar-refractivity contribution in [3.05, 3.63) is 0 Å². The molecule has 3 saturated carbocycles. The van der Waals surface area contributed by atoms with E-state index in [-0.39, 0.29) is 0 Å². The molecule has 0 spiro atoms. The van der Waals surface area contributed by atoms with Gasteiger partial charge >= 0.3 is 0 Å². The number of nitriles is 1. The molecule has 2 bridgehead atoms. The van der Waals surface area contributed by atoms with E-state index >= 15 is 0 Å². The van der Waals surface area contributed by atoms with Gasteiger partial charge in [0, 0.05) is 13.0 Å². The van der Waals surface area contributed by atoms with Gasteiger partial charge in [0.05, 0.1) is 6.07 Å². The minimum absolute atomic E-state index is 0.416. The van der Waals surface area contributed by atoms with E-state index in [4.69, 9.17) is 10.00 Å². The van der Waals surface area contributed by atoms with Gasteiger partial charge in [0.1, 0.15) is 0 Å².